The lowest BCUT2D eigenvalue weighted by Gasteiger charge is -2.41. The van der Waals surface area contributed by atoms with Gasteiger partial charge < -0.3 is 9.64 Å². The fourth-order valence-electron chi connectivity index (χ4n) is 4.11. The molecule has 2 heterocycles. The van der Waals surface area contributed by atoms with Gasteiger partial charge >= 0.3 is 0 Å². The highest BCUT2D eigenvalue weighted by Gasteiger charge is 2.29. The van der Waals surface area contributed by atoms with Crippen LogP contribution in [0, 0.1) is 0 Å². The van der Waals surface area contributed by atoms with Crippen LogP contribution >= 0.6 is 11.8 Å². The van der Waals surface area contributed by atoms with Crippen LogP contribution in [-0.2, 0) is 4.79 Å². The Hall–Kier alpha value is -1.72. The monoisotopic (exact) mass is 384 g/mol. The zero-order chi connectivity index (χ0) is 18.6. The molecule has 0 saturated carbocycles. The second-order valence-electron chi connectivity index (χ2n) is 7.47. The summed E-state index contributed by atoms with van der Waals surface area (Å²) < 4.78 is 5.97. The van der Waals surface area contributed by atoms with Crippen LogP contribution in [0.25, 0.3) is 10.8 Å². The Morgan fingerprint density at radius 3 is 2.48 bits per heavy atom. The van der Waals surface area contributed by atoms with Crippen molar-refractivity contribution in [3.8, 4) is 5.75 Å². The Morgan fingerprint density at radius 1 is 1.04 bits per heavy atom. The number of amides is 1. The number of benzene rings is 2. The predicted octanol–water partition coefficient (Wildman–Crippen LogP) is 3.65. The van der Waals surface area contributed by atoms with Gasteiger partial charge in [-0.25, -0.2) is 0 Å². The summed E-state index contributed by atoms with van der Waals surface area (Å²) in [6.45, 7) is 5.47. The SMILES string of the molecule is CC(Oc1ccc2ccccc2c1)C(=O)N1CCN(C2CCSCC2)CC1. The van der Waals surface area contributed by atoms with Crippen molar-refractivity contribution in [2.24, 2.45) is 0 Å². The molecule has 2 saturated heterocycles. The lowest BCUT2D eigenvalue weighted by Crippen LogP contribution is -2.54. The minimum absolute atomic E-state index is 0.0991. The largest absolute Gasteiger partial charge is 0.481 e. The normalized spacial score (nSPS) is 20.6. The van der Waals surface area contributed by atoms with Crippen molar-refractivity contribution < 1.29 is 9.53 Å². The average Bonchev–Trinajstić information content (AvgIpc) is 2.74. The van der Waals surface area contributed by atoms with Crippen LogP contribution in [0.15, 0.2) is 42.5 Å². The molecule has 4 nitrogen and oxygen atoms in total. The molecule has 1 unspecified atom stereocenters. The van der Waals surface area contributed by atoms with Crippen LogP contribution in [0.3, 0.4) is 0 Å². The van der Waals surface area contributed by atoms with Crippen molar-refractivity contribution in [2.45, 2.75) is 31.9 Å². The Labute approximate surface area is 165 Å². The number of nitrogens with zero attached hydrogens (tertiary/aromatic N) is 2. The molecule has 4 rings (SSSR count). The van der Waals surface area contributed by atoms with E-state index in [9.17, 15) is 4.79 Å². The van der Waals surface area contributed by atoms with Crippen LogP contribution in [-0.4, -0.2) is 65.5 Å². The molecule has 0 aromatic heterocycles. The van der Waals surface area contributed by atoms with Gasteiger partial charge in [-0.1, -0.05) is 30.3 Å². The molecule has 2 aromatic rings. The zero-order valence-electron chi connectivity index (χ0n) is 16.0. The summed E-state index contributed by atoms with van der Waals surface area (Å²) in [4.78, 5) is 17.4. The van der Waals surface area contributed by atoms with Crippen molar-refractivity contribution in [2.75, 3.05) is 37.7 Å². The standard InChI is InChI=1S/C22H28N2O2S/c1-17(26-21-7-6-18-4-2-3-5-19(18)16-21)22(25)24-12-10-23(11-13-24)20-8-14-27-15-9-20/h2-7,16-17,20H,8-15H2,1H3. The van der Waals surface area contributed by atoms with Gasteiger partial charge in [0.05, 0.1) is 0 Å². The molecule has 0 aliphatic carbocycles. The van der Waals surface area contributed by atoms with Gasteiger partial charge in [0.1, 0.15) is 5.75 Å². The number of thioether (sulfide) groups is 1. The van der Waals surface area contributed by atoms with Crippen LogP contribution in [0.4, 0.5) is 0 Å². The molecule has 2 aliphatic rings. The van der Waals surface area contributed by atoms with E-state index in [0.717, 1.165) is 43.4 Å². The van der Waals surface area contributed by atoms with Gasteiger partial charge in [-0.3, -0.25) is 9.69 Å². The summed E-state index contributed by atoms with van der Waals surface area (Å²) in [6, 6.07) is 14.9. The third-order valence-corrected chi connectivity index (χ3v) is 6.76. The van der Waals surface area contributed by atoms with Crippen molar-refractivity contribution in [3.63, 3.8) is 0 Å². The Balaban J connectivity index is 1.32. The summed E-state index contributed by atoms with van der Waals surface area (Å²) >= 11 is 2.07. The molecular formula is C22H28N2O2S. The van der Waals surface area contributed by atoms with E-state index in [1.807, 2.05) is 42.2 Å². The van der Waals surface area contributed by atoms with E-state index in [0.29, 0.717) is 0 Å². The van der Waals surface area contributed by atoms with Crippen LogP contribution < -0.4 is 4.74 Å². The van der Waals surface area contributed by atoms with Gasteiger partial charge in [0.15, 0.2) is 6.10 Å². The first-order valence-corrected chi connectivity index (χ1v) is 11.1. The van der Waals surface area contributed by atoms with Crippen molar-refractivity contribution in [1.82, 2.24) is 9.80 Å². The third-order valence-electron chi connectivity index (χ3n) is 5.71. The number of hydrogen-bond acceptors (Lipinski definition) is 4. The molecule has 2 aliphatic heterocycles. The summed E-state index contributed by atoms with van der Waals surface area (Å²) in [5, 5.41) is 2.31. The zero-order valence-corrected chi connectivity index (χ0v) is 16.8. The highest BCUT2D eigenvalue weighted by atomic mass is 32.2. The Bertz CT molecular complexity index is 783. The number of piperazine rings is 1. The van der Waals surface area contributed by atoms with E-state index < -0.39 is 6.10 Å². The molecule has 0 bridgehead atoms. The molecule has 1 atom stereocenters. The second kappa shape index (κ2) is 8.53. The van der Waals surface area contributed by atoms with Crippen molar-refractivity contribution in [3.05, 3.63) is 42.5 Å². The smallest absolute Gasteiger partial charge is 0.263 e. The van der Waals surface area contributed by atoms with Gasteiger partial charge in [-0.15, -0.1) is 0 Å². The number of hydrogen-bond donors (Lipinski definition) is 0. The summed E-state index contributed by atoms with van der Waals surface area (Å²) in [5.74, 6) is 3.41. The van der Waals surface area contributed by atoms with Gasteiger partial charge in [-0.2, -0.15) is 11.8 Å². The first-order valence-electron chi connectivity index (χ1n) is 9.97. The van der Waals surface area contributed by atoms with E-state index in [-0.39, 0.29) is 5.91 Å². The molecule has 2 aromatic carbocycles. The predicted molar refractivity (Wildman–Crippen MR) is 113 cm³/mol. The highest BCUT2D eigenvalue weighted by Crippen LogP contribution is 2.24. The molecule has 144 valence electrons. The number of fused-ring (bicyclic) bond motifs is 1. The lowest BCUT2D eigenvalue weighted by molar-refractivity contribution is -0.140. The molecule has 2 fully saturated rings. The topological polar surface area (TPSA) is 32.8 Å². The first-order chi connectivity index (χ1) is 13.2. The molecule has 0 spiro atoms. The Morgan fingerprint density at radius 2 is 1.74 bits per heavy atom. The van der Waals surface area contributed by atoms with Gasteiger partial charge in [0.2, 0.25) is 0 Å². The highest BCUT2D eigenvalue weighted by molar-refractivity contribution is 7.99. The maximum atomic E-state index is 12.8. The summed E-state index contributed by atoms with van der Waals surface area (Å²) in [7, 11) is 0. The Kier molecular flexibility index (Phi) is 5.89. The minimum atomic E-state index is -0.455. The fraction of sp³-hybridized carbons (Fsp3) is 0.500. The fourth-order valence-corrected chi connectivity index (χ4v) is 5.19. The minimum Gasteiger partial charge on any atom is -0.481 e. The molecule has 27 heavy (non-hydrogen) atoms. The first kappa shape index (κ1) is 18.6. The number of carbonyl (C=O) groups excluding carboxylic acids is 1. The van der Waals surface area contributed by atoms with E-state index in [2.05, 4.69) is 28.8 Å². The average molecular weight is 385 g/mol. The molecule has 0 radical (unpaired) electrons. The van der Waals surface area contributed by atoms with E-state index in [1.165, 1.54) is 29.7 Å². The van der Waals surface area contributed by atoms with E-state index >= 15 is 0 Å². The van der Waals surface area contributed by atoms with Gasteiger partial charge in [0.25, 0.3) is 5.91 Å². The molecule has 5 heteroatoms. The maximum Gasteiger partial charge on any atom is 0.263 e. The number of carbonyl (C=O) groups is 1. The third kappa shape index (κ3) is 4.41. The summed E-state index contributed by atoms with van der Waals surface area (Å²) in [5.41, 5.74) is 0. The molecule has 0 N–H and O–H groups in total. The number of ether oxygens (including phenoxy) is 1. The molecular weight excluding hydrogens is 356 g/mol. The number of rotatable bonds is 4. The maximum absolute atomic E-state index is 12.8. The summed E-state index contributed by atoms with van der Waals surface area (Å²) in [6.07, 6.45) is 2.13. The van der Waals surface area contributed by atoms with Crippen LogP contribution in [0.5, 0.6) is 5.75 Å². The quantitative estimate of drug-likeness (QED) is 0.806. The molecule has 1 amide bonds. The van der Waals surface area contributed by atoms with Crippen LogP contribution in [0.1, 0.15) is 19.8 Å². The van der Waals surface area contributed by atoms with Crippen molar-refractivity contribution in [1.29, 1.82) is 0 Å². The second-order valence-corrected chi connectivity index (χ2v) is 8.70. The van der Waals surface area contributed by atoms with Gasteiger partial charge in [-0.05, 0) is 54.2 Å². The van der Waals surface area contributed by atoms with Crippen molar-refractivity contribution >= 4 is 28.4 Å². The van der Waals surface area contributed by atoms with E-state index in [4.69, 9.17) is 4.74 Å². The van der Waals surface area contributed by atoms with Crippen LogP contribution in [0.2, 0.25) is 0 Å². The van der Waals surface area contributed by atoms with E-state index in [1.54, 1.807) is 0 Å². The van der Waals surface area contributed by atoms with Gasteiger partial charge in [0, 0.05) is 32.2 Å². The lowest BCUT2D eigenvalue weighted by atomic mass is 10.1.